The summed E-state index contributed by atoms with van der Waals surface area (Å²) in [5.41, 5.74) is 2.95. The van der Waals surface area contributed by atoms with E-state index in [1.807, 2.05) is 54.6 Å². The van der Waals surface area contributed by atoms with Crippen LogP contribution in [0.25, 0.3) is 5.57 Å². The van der Waals surface area contributed by atoms with Crippen LogP contribution in [0.3, 0.4) is 0 Å². The third-order valence-electron chi connectivity index (χ3n) is 3.32. The highest BCUT2D eigenvalue weighted by Crippen LogP contribution is 2.25. The van der Waals surface area contributed by atoms with E-state index in [9.17, 15) is 4.79 Å². The Morgan fingerprint density at radius 1 is 1.05 bits per heavy atom. The molecule has 0 aromatic heterocycles. The van der Waals surface area contributed by atoms with Crippen molar-refractivity contribution in [3.8, 4) is 0 Å². The Labute approximate surface area is 131 Å². The molecule has 106 valence electrons. The number of nitrogens with one attached hydrogen (secondary N) is 1. The van der Waals surface area contributed by atoms with Gasteiger partial charge in [-0.3, -0.25) is 4.79 Å². The molecule has 0 unspecified atom stereocenters. The zero-order valence-electron chi connectivity index (χ0n) is 11.3. The molecule has 2 aromatic rings. The van der Waals surface area contributed by atoms with Crippen LogP contribution in [0, 0.1) is 0 Å². The first kappa shape index (κ1) is 13.9. The van der Waals surface area contributed by atoms with Crippen molar-refractivity contribution in [1.29, 1.82) is 0 Å². The van der Waals surface area contributed by atoms with Crippen molar-refractivity contribution < 1.29 is 9.53 Å². The predicted molar refractivity (Wildman–Crippen MR) is 85.3 cm³/mol. The van der Waals surface area contributed by atoms with Crippen LogP contribution in [-0.2, 0) is 16.1 Å². The van der Waals surface area contributed by atoms with E-state index in [1.54, 1.807) is 0 Å². The van der Waals surface area contributed by atoms with E-state index in [4.69, 9.17) is 4.74 Å². The van der Waals surface area contributed by atoms with E-state index in [-0.39, 0.29) is 5.91 Å². The zero-order valence-corrected chi connectivity index (χ0v) is 12.9. The lowest BCUT2D eigenvalue weighted by Gasteiger charge is -2.08. The lowest BCUT2D eigenvalue weighted by Crippen LogP contribution is -2.18. The Balaban J connectivity index is 1.83. The van der Waals surface area contributed by atoms with Crippen molar-refractivity contribution >= 4 is 27.4 Å². The first-order chi connectivity index (χ1) is 10.2. The molecule has 0 bridgehead atoms. The summed E-state index contributed by atoms with van der Waals surface area (Å²) in [5, 5.41) is 2.82. The van der Waals surface area contributed by atoms with Crippen LogP contribution in [0.4, 0.5) is 0 Å². The molecule has 0 aliphatic carbocycles. The topological polar surface area (TPSA) is 38.3 Å². The fourth-order valence-electron chi connectivity index (χ4n) is 2.23. The highest BCUT2D eigenvalue weighted by molar-refractivity contribution is 9.10. The third-order valence-corrected chi connectivity index (χ3v) is 3.85. The molecule has 4 heteroatoms. The Bertz CT molecular complexity index is 678. The van der Waals surface area contributed by atoms with Gasteiger partial charge in [0.15, 0.2) is 5.76 Å². The van der Waals surface area contributed by atoms with Crippen molar-refractivity contribution in [2.24, 2.45) is 0 Å². The largest absolute Gasteiger partial charge is 0.483 e. The Morgan fingerprint density at radius 3 is 2.48 bits per heavy atom. The van der Waals surface area contributed by atoms with E-state index >= 15 is 0 Å². The third kappa shape index (κ3) is 3.16. The summed E-state index contributed by atoms with van der Waals surface area (Å²) in [4.78, 5) is 11.9. The predicted octanol–water partition coefficient (Wildman–Crippen LogP) is 3.51. The smallest absolute Gasteiger partial charge is 0.287 e. The monoisotopic (exact) mass is 343 g/mol. The van der Waals surface area contributed by atoms with Gasteiger partial charge in [0.25, 0.3) is 5.91 Å². The SMILES string of the molecule is O=C1NCC(c2ccc(Br)cc2)=C1OCc1ccccc1. The minimum atomic E-state index is -0.149. The van der Waals surface area contributed by atoms with Gasteiger partial charge >= 0.3 is 0 Å². The van der Waals surface area contributed by atoms with Crippen LogP contribution in [0.5, 0.6) is 0 Å². The standard InChI is InChI=1S/C17H14BrNO2/c18-14-8-6-13(7-9-14)15-10-19-17(20)16(15)21-11-12-4-2-1-3-5-12/h1-9H,10-11H2,(H,19,20). The lowest BCUT2D eigenvalue weighted by atomic mass is 10.1. The molecule has 1 aliphatic heterocycles. The number of hydrogen-bond donors (Lipinski definition) is 1. The van der Waals surface area contributed by atoms with Crippen LogP contribution in [0.1, 0.15) is 11.1 Å². The molecule has 0 saturated heterocycles. The van der Waals surface area contributed by atoms with E-state index in [0.29, 0.717) is 18.9 Å². The van der Waals surface area contributed by atoms with Crippen molar-refractivity contribution in [3.63, 3.8) is 0 Å². The first-order valence-electron chi connectivity index (χ1n) is 6.68. The number of ether oxygens (including phenoxy) is 1. The lowest BCUT2D eigenvalue weighted by molar-refractivity contribution is -0.119. The maximum absolute atomic E-state index is 11.9. The maximum Gasteiger partial charge on any atom is 0.287 e. The number of amides is 1. The number of benzene rings is 2. The normalized spacial score (nSPS) is 14.2. The summed E-state index contributed by atoms with van der Waals surface area (Å²) in [5.74, 6) is 0.269. The van der Waals surface area contributed by atoms with Gasteiger partial charge in [0.2, 0.25) is 0 Å². The van der Waals surface area contributed by atoms with E-state index in [0.717, 1.165) is 21.2 Å². The van der Waals surface area contributed by atoms with Crippen molar-refractivity contribution in [2.45, 2.75) is 6.61 Å². The second kappa shape index (κ2) is 6.14. The molecule has 0 fully saturated rings. The van der Waals surface area contributed by atoms with Crippen LogP contribution >= 0.6 is 15.9 Å². The van der Waals surface area contributed by atoms with Gasteiger partial charge in [-0.25, -0.2) is 0 Å². The molecule has 1 aliphatic rings. The highest BCUT2D eigenvalue weighted by Gasteiger charge is 2.25. The molecule has 0 radical (unpaired) electrons. The molecule has 21 heavy (non-hydrogen) atoms. The summed E-state index contributed by atoms with van der Waals surface area (Å²) in [6.45, 7) is 0.897. The fourth-order valence-corrected chi connectivity index (χ4v) is 2.50. The molecule has 1 heterocycles. The maximum atomic E-state index is 11.9. The first-order valence-corrected chi connectivity index (χ1v) is 7.47. The zero-order chi connectivity index (χ0) is 14.7. The van der Waals surface area contributed by atoms with Gasteiger partial charge in [-0.15, -0.1) is 0 Å². The van der Waals surface area contributed by atoms with Crippen molar-refractivity contribution in [3.05, 3.63) is 76.0 Å². The fraction of sp³-hybridized carbons (Fsp3) is 0.118. The van der Waals surface area contributed by atoms with Crippen LogP contribution in [-0.4, -0.2) is 12.5 Å². The van der Waals surface area contributed by atoms with Gasteiger partial charge in [-0.2, -0.15) is 0 Å². The molecule has 3 nitrogen and oxygen atoms in total. The Hall–Kier alpha value is -2.07. The molecule has 1 amide bonds. The number of carbonyl (C=O) groups is 1. The summed E-state index contributed by atoms with van der Waals surface area (Å²) in [6.07, 6.45) is 0. The van der Waals surface area contributed by atoms with Crippen molar-refractivity contribution in [2.75, 3.05) is 6.54 Å². The van der Waals surface area contributed by atoms with Gasteiger partial charge in [0, 0.05) is 16.6 Å². The molecule has 3 rings (SSSR count). The molecule has 0 atom stereocenters. The molecule has 1 N–H and O–H groups in total. The second-order valence-electron chi connectivity index (χ2n) is 4.77. The average molecular weight is 344 g/mol. The molecule has 2 aromatic carbocycles. The highest BCUT2D eigenvalue weighted by atomic mass is 79.9. The number of halogens is 1. The second-order valence-corrected chi connectivity index (χ2v) is 5.69. The van der Waals surface area contributed by atoms with Crippen LogP contribution in [0.2, 0.25) is 0 Å². The van der Waals surface area contributed by atoms with Gasteiger partial charge in [0.05, 0.1) is 0 Å². The van der Waals surface area contributed by atoms with Gasteiger partial charge in [-0.05, 0) is 23.3 Å². The summed E-state index contributed by atoms with van der Waals surface area (Å²) >= 11 is 3.41. The Kier molecular flexibility index (Phi) is 4.06. The summed E-state index contributed by atoms with van der Waals surface area (Å²) in [7, 11) is 0. The van der Waals surface area contributed by atoms with Crippen LogP contribution in [0.15, 0.2) is 64.8 Å². The van der Waals surface area contributed by atoms with Crippen molar-refractivity contribution in [1.82, 2.24) is 5.32 Å². The molecule has 0 spiro atoms. The number of rotatable bonds is 4. The molecular formula is C17H14BrNO2. The van der Waals surface area contributed by atoms with E-state index in [2.05, 4.69) is 21.2 Å². The van der Waals surface area contributed by atoms with Gasteiger partial charge in [0.1, 0.15) is 6.61 Å². The summed E-state index contributed by atoms with van der Waals surface area (Å²) < 4.78 is 6.76. The number of hydrogen-bond acceptors (Lipinski definition) is 2. The van der Waals surface area contributed by atoms with Gasteiger partial charge in [-0.1, -0.05) is 58.4 Å². The molecule has 0 saturated carbocycles. The minimum Gasteiger partial charge on any atom is -0.483 e. The number of carbonyl (C=O) groups excluding carboxylic acids is 1. The van der Waals surface area contributed by atoms with Crippen LogP contribution < -0.4 is 5.32 Å². The summed E-state index contributed by atoms with van der Waals surface area (Å²) in [6, 6.07) is 17.7. The average Bonchev–Trinajstić information content (AvgIpc) is 2.88. The Morgan fingerprint density at radius 2 is 1.76 bits per heavy atom. The minimum absolute atomic E-state index is 0.149. The quantitative estimate of drug-likeness (QED) is 0.922. The molecular weight excluding hydrogens is 330 g/mol. The van der Waals surface area contributed by atoms with E-state index in [1.165, 1.54) is 0 Å². The van der Waals surface area contributed by atoms with Gasteiger partial charge < -0.3 is 10.1 Å². The van der Waals surface area contributed by atoms with E-state index < -0.39 is 0 Å².